The van der Waals surface area contributed by atoms with Gasteiger partial charge >= 0.3 is 0 Å². The summed E-state index contributed by atoms with van der Waals surface area (Å²) in [5.74, 6) is -0.788. The molecule has 1 aliphatic rings. The second kappa shape index (κ2) is 3.24. The van der Waals surface area contributed by atoms with Crippen LogP contribution in [0.1, 0.15) is 0 Å². The Labute approximate surface area is 88.3 Å². The monoisotopic (exact) mass is 227 g/mol. The van der Waals surface area contributed by atoms with Gasteiger partial charge in [-0.25, -0.2) is 9.37 Å². The SMILES string of the molecule is N#CC1(F)CN=c2cnc(F)cc2=C1Cl. The molecule has 0 aliphatic carbocycles. The van der Waals surface area contributed by atoms with Gasteiger partial charge in [-0.2, -0.15) is 9.65 Å². The topological polar surface area (TPSA) is 49.0 Å². The van der Waals surface area contributed by atoms with Gasteiger partial charge in [0.1, 0.15) is 6.07 Å². The van der Waals surface area contributed by atoms with Crippen LogP contribution in [-0.4, -0.2) is 17.2 Å². The lowest BCUT2D eigenvalue weighted by Crippen LogP contribution is -2.41. The number of halogens is 3. The molecule has 0 saturated carbocycles. The molecule has 1 aromatic heterocycles. The molecule has 15 heavy (non-hydrogen) atoms. The van der Waals surface area contributed by atoms with Gasteiger partial charge < -0.3 is 0 Å². The van der Waals surface area contributed by atoms with Crippen LogP contribution in [0.2, 0.25) is 0 Å². The zero-order chi connectivity index (χ0) is 11.1. The van der Waals surface area contributed by atoms with Crippen LogP contribution in [0.4, 0.5) is 8.78 Å². The van der Waals surface area contributed by atoms with E-state index in [0.717, 1.165) is 12.3 Å². The largest absolute Gasteiger partial charge is 0.278 e. The van der Waals surface area contributed by atoms with Crippen LogP contribution in [0.3, 0.4) is 0 Å². The summed E-state index contributed by atoms with van der Waals surface area (Å²) >= 11 is 5.69. The number of hydrogen-bond acceptors (Lipinski definition) is 3. The highest BCUT2D eigenvalue weighted by atomic mass is 35.5. The van der Waals surface area contributed by atoms with Crippen LogP contribution in [0.5, 0.6) is 0 Å². The van der Waals surface area contributed by atoms with Crippen molar-refractivity contribution in [2.75, 3.05) is 6.54 Å². The van der Waals surface area contributed by atoms with Crippen molar-refractivity contribution in [2.24, 2.45) is 4.99 Å². The fourth-order valence-electron chi connectivity index (χ4n) is 1.29. The number of aromatic nitrogens is 1. The van der Waals surface area contributed by atoms with Crippen LogP contribution >= 0.6 is 11.6 Å². The summed E-state index contributed by atoms with van der Waals surface area (Å²) in [6, 6.07) is 2.38. The van der Waals surface area contributed by atoms with Crippen molar-refractivity contribution >= 4 is 16.6 Å². The van der Waals surface area contributed by atoms with Crippen molar-refractivity contribution in [3.05, 3.63) is 28.8 Å². The van der Waals surface area contributed by atoms with Gasteiger partial charge in [-0.05, 0) is 0 Å². The first-order chi connectivity index (χ1) is 7.07. The smallest absolute Gasteiger partial charge is 0.251 e. The molecule has 0 fully saturated rings. The minimum absolute atomic E-state index is 0.0828. The third-order valence-electron chi connectivity index (χ3n) is 2.08. The summed E-state index contributed by atoms with van der Waals surface area (Å²) in [6.45, 7) is -0.386. The molecule has 76 valence electrons. The highest BCUT2D eigenvalue weighted by Gasteiger charge is 2.36. The lowest BCUT2D eigenvalue weighted by Gasteiger charge is -2.17. The Morgan fingerprint density at radius 3 is 3.00 bits per heavy atom. The number of fused-ring (bicyclic) bond motifs is 1. The van der Waals surface area contributed by atoms with E-state index in [4.69, 9.17) is 16.9 Å². The zero-order valence-corrected chi connectivity index (χ0v) is 8.09. The Kier molecular flexibility index (Phi) is 2.16. The van der Waals surface area contributed by atoms with E-state index in [1.165, 1.54) is 6.07 Å². The molecule has 0 spiro atoms. The average Bonchev–Trinajstić information content (AvgIpc) is 2.24. The third-order valence-corrected chi connectivity index (χ3v) is 2.58. The molecular formula is C9H4ClF2N3. The van der Waals surface area contributed by atoms with E-state index in [0.29, 0.717) is 5.36 Å². The summed E-state index contributed by atoms with van der Waals surface area (Å²) in [6.07, 6.45) is 1.16. The standard InChI is InChI=1S/C9H4ClF2N3/c10-8-5-1-7(11)14-2-6(5)15-4-9(8,12)3-13/h1-2H,4H2. The van der Waals surface area contributed by atoms with Crippen LogP contribution in [0.15, 0.2) is 17.3 Å². The summed E-state index contributed by atoms with van der Waals surface area (Å²) in [4.78, 5) is 7.14. The molecule has 1 aromatic rings. The Bertz CT molecular complexity index is 578. The van der Waals surface area contributed by atoms with Gasteiger partial charge in [0.15, 0.2) is 0 Å². The van der Waals surface area contributed by atoms with Gasteiger partial charge in [0, 0.05) is 11.3 Å². The Morgan fingerprint density at radius 1 is 1.60 bits per heavy atom. The lowest BCUT2D eigenvalue weighted by atomic mass is 10.0. The fraction of sp³-hybridized carbons (Fsp3) is 0.222. The molecule has 2 rings (SSSR count). The minimum atomic E-state index is -2.36. The second-order valence-corrected chi connectivity index (χ2v) is 3.45. The molecule has 3 nitrogen and oxygen atoms in total. The predicted octanol–water partition coefficient (Wildman–Crippen LogP) is 0.433. The lowest BCUT2D eigenvalue weighted by molar-refractivity contribution is 0.329. The number of alkyl halides is 1. The van der Waals surface area contributed by atoms with E-state index in [1.807, 2.05) is 0 Å². The van der Waals surface area contributed by atoms with Crippen LogP contribution in [-0.2, 0) is 0 Å². The van der Waals surface area contributed by atoms with Crippen molar-refractivity contribution in [3.63, 3.8) is 0 Å². The van der Waals surface area contributed by atoms with Crippen molar-refractivity contribution in [3.8, 4) is 6.07 Å². The molecule has 1 atom stereocenters. The predicted molar refractivity (Wildman–Crippen MR) is 48.6 cm³/mol. The molecule has 0 amide bonds. The van der Waals surface area contributed by atoms with Crippen LogP contribution in [0, 0.1) is 17.3 Å². The molecule has 0 aromatic carbocycles. The molecule has 1 aliphatic heterocycles. The normalized spacial score (nSPS) is 24.0. The van der Waals surface area contributed by atoms with Crippen molar-refractivity contribution < 1.29 is 8.78 Å². The highest BCUT2D eigenvalue weighted by molar-refractivity contribution is 6.47. The number of hydrogen-bond donors (Lipinski definition) is 0. The van der Waals surface area contributed by atoms with E-state index in [1.54, 1.807) is 0 Å². The van der Waals surface area contributed by atoms with Crippen LogP contribution < -0.4 is 10.6 Å². The number of rotatable bonds is 0. The van der Waals surface area contributed by atoms with E-state index in [9.17, 15) is 8.78 Å². The minimum Gasteiger partial charge on any atom is -0.278 e. The molecule has 0 bridgehead atoms. The van der Waals surface area contributed by atoms with Crippen molar-refractivity contribution in [1.82, 2.24) is 4.98 Å². The Balaban J connectivity index is 2.85. The summed E-state index contributed by atoms with van der Waals surface area (Å²) in [5, 5.41) is 8.66. The number of nitriles is 1. The zero-order valence-electron chi connectivity index (χ0n) is 7.34. The maximum absolute atomic E-state index is 13.7. The summed E-state index contributed by atoms with van der Waals surface area (Å²) in [7, 11) is 0. The molecular weight excluding hydrogens is 224 g/mol. The summed E-state index contributed by atoms with van der Waals surface area (Å²) in [5.41, 5.74) is -2.36. The van der Waals surface area contributed by atoms with Gasteiger partial charge in [-0.1, -0.05) is 11.6 Å². The van der Waals surface area contributed by atoms with Gasteiger partial charge in [-0.15, -0.1) is 0 Å². The fourth-order valence-corrected chi connectivity index (χ4v) is 1.54. The average molecular weight is 228 g/mol. The molecule has 2 heterocycles. The quantitative estimate of drug-likeness (QED) is 0.604. The van der Waals surface area contributed by atoms with Gasteiger partial charge in [0.05, 0.1) is 23.1 Å². The second-order valence-electron chi connectivity index (χ2n) is 3.07. The highest BCUT2D eigenvalue weighted by Crippen LogP contribution is 2.26. The van der Waals surface area contributed by atoms with Crippen molar-refractivity contribution in [2.45, 2.75) is 5.67 Å². The third kappa shape index (κ3) is 1.47. The van der Waals surface area contributed by atoms with Gasteiger partial charge in [-0.3, -0.25) is 4.99 Å². The van der Waals surface area contributed by atoms with E-state index >= 15 is 0 Å². The van der Waals surface area contributed by atoms with Gasteiger partial charge in [0.2, 0.25) is 5.95 Å². The first-order valence-electron chi connectivity index (χ1n) is 4.03. The molecule has 6 heteroatoms. The summed E-state index contributed by atoms with van der Waals surface area (Å²) < 4.78 is 26.5. The maximum Gasteiger partial charge on any atom is 0.251 e. The molecule has 0 radical (unpaired) electrons. The molecule has 0 saturated heterocycles. The van der Waals surface area contributed by atoms with E-state index in [-0.39, 0.29) is 16.8 Å². The van der Waals surface area contributed by atoms with Crippen molar-refractivity contribution in [1.29, 1.82) is 5.26 Å². The Morgan fingerprint density at radius 2 is 2.33 bits per heavy atom. The van der Waals surface area contributed by atoms with E-state index in [2.05, 4.69) is 9.98 Å². The molecule has 1 unspecified atom stereocenters. The Hall–Kier alpha value is -1.54. The maximum atomic E-state index is 13.7. The van der Waals surface area contributed by atoms with Crippen LogP contribution in [0.25, 0.3) is 5.03 Å². The van der Waals surface area contributed by atoms with Gasteiger partial charge in [0.25, 0.3) is 5.67 Å². The number of nitrogens with zero attached hydrogens (tertiary/aromatic N) is 3. The van der Waals surface area contributed by atoms with E-state index < -0.39 is 11.6 Å². The first kappa shape index (κ1) is 9.99. The molecule has 0 N–H and O–H groups in total. The first-order valence-corrected chi connectivity index (χ1v) is 4.41. The number of pyridine rings is 1.